The summed E-state index contributed by atoms with van der Waals surface area (Å²) >= 11 is 0. The molecule has 0 aromatic heterocycles. The van der Waals surface area contributed by atoms with Crippen LogP contribution in [0.5, 0.6) is 5.75 Å². The van der Waals surface area contributed by atoms with E-state index in [1.165, 1.54) is 24.3 Å². The molecule has 0 spiro atoms. The van der Waals surface area contributed by atoms with E-state index in [1.807, 2.05) is 0 Å². The normalized spacial score (nSPS) is 11.7. The number of nitrogens with one attached hydrogen (secondary N) is 1. The molecule has 0 bridgehead atoms. The summed E-state index contributed by atoms with van der Waals surface area (Å²) in [6.07, 6.45) is -0.693. The Kier molecular flexibility index (Phi) is 4.20. The van der Waals surface area contributed by atoms with Gasteiger partial charge in [0.05, 0.1) is 0 Å². The van der Waals surface area contributed by atoms with Crippen LogP contribution >= 0.6 is 0 Å². The minimum Gasteiger partial charge on any atom is -0.481 e. The second-order valence-corrected chi connectivity index (χ2v) is 4.33. The lowest BCUT2D eigenvalue weighted by Crippen LogP contribution is -2.30. The lowest BCUT2D eigenvalue weighted by atomic mass is 10.2. The molecule has 0 heterocycles. The molecule has 104 valence electrons. The predicted molar refractivity (Wildman–Crippen MR) is 76.0 cm³/mol. The summed E-state index contributed by atoms with van der Waals surface area (Å²) in [6.45, 7) is 1.63. The fourth-order valence-electron chi connectivity index (χ4n) is 1.62. The molecular weight excluding hydrogens is 259 g/mol. The Hall–Kier alpha value is -2.56. The second kappa shape index (κ2) is 6.06. The molecular formula is C15H15FN2O2. The van der Waals surface area contributed by atoms with Gasteiger partial charge in [-0.15, -0.1) is 0 Å². The van der Waals surface area contributed by atoms with Crippen LogP contribution in [-0.2, 0) is 4.79 Å². The van der Waals surface area contributed by atoms with Crippen molar-refractivity contribution >= 4 is 17.3 Å². The first-order chi connectivity index (χ1) is 9.54. The third-order valence-electron chi connectivity index (χ3n) is 2.65. The maximum absolute atomic E-state index is 12.8. The van der Waals surface area contributed by atoms with E-state index in [0.717, 1.165) is 0 Å². The molecule has 0 radical (unpaired) electrons. The zero-order valence-corrected chi connectivity index (χ0v) is 11.0. The second-order valence-electron chi connectivity index (χ2n) is 4.33. The van der Waals surface area contributed by atoms with Crippen molar-refractivity contribution in [1.82, 2.24) is 0 Å². The largest absolute Gasteiger partial charge is 0.481 e. The van der Waals surface area contributed by atoms with Crippen LogP contribution in [0.4, 0.5) is 15.8 Å². The van der Waals surface area contributed by atoms with Crippen molar-refractivity contribution in [2.45, 2.75) is 13.0 Å². The van der Waals surface area contributed by atoms with Crippen LogP contribution < -0.4 is 15.8 Å². The van der Waals surface area contributed by atoms with Crippen molar-refractivity contribution in [3.63, 3.8) is 0 Å². The Balaban J connectivity index is 1.96. The Bertz CT molecular complexity index is 599. The summed E-state index contributed by atoms with van der Waals surface area (Å²) in [5.41, 5.74) is 6.71. The van der Waals surface area contributed by atoms with Gasteiger partial charge in [-0.25, -0.2) is 4.39 Å². The van der Waals surface area contributed by atoms with Gasteiger partial charge in [0, 0.05) is 17.4 Å². The summed E-state index contributed by atoms with van der Waals surface area (Å²) in [4.78, 5) is 11.9. The van der Waals surface area contributed by atoms with Crippen LogP contribution in [0.1, 0.15) is 6.92 Å². The van der Waals surface area contributed by atoms with Gasteiger partial charge in [-0.3, -0.25) is 4.79 Å². The van der Waals surface area contributed by atoms with E-state index in [0.29, 0.717) is 17.1 Å². The molecule has 0 saturated carbocycles. The molecule has 3 N–H and O–H groups in total. The molecule has 20 heavy (non-hydrogen) atoms. The smallest absolute Gasteiger partial charge is 0.265 e. The Morgan fingerprint density at radius 3 is 2.60 bits per heavy atom. The summed E-state index contributed by atoms with van der Waals surface area (Å²) in [5, 5.41) is 2.64. The lowest BCUT2D eigenvalue weighted by Gasteiger charge is -2.15. The summed E-state index contributed by atoms with van der Waals surface area (Å²) in [6, 6.07) is 12.4. The van der Waals surface area contributed by atoms with Crippen LogP contribution in [0.25, 0.3) is 0 Å². The van der Waals surface area contributed by atoms with E-state index < -0.39 is 6.10 Å². The first-order valence-electron chi connectivity index (χ1n) is 6.13. The Morgan fingerprint density at radius 1 is 1.25 bits per heavy atom. The Morgan fingerprint density at radius 2 is 1.95 bits per heavy atom. The van der Waals surface area contributed by atoms with Gasteiger partial charge in [0.15, 0.2) is 6.10 Å². The van der Waals surface area contributed by atoms with Gasteiger partial charge in [-0.1, -0.05) is 6.07 Å². The molecule has 2 aromatic carbocycles. The van der Waals surface area contributed by atoms with Crippen LogP contribution in [0, 0.1) is 5.82 Å². The number of halogens is 1. The number of anilines is 2. The van der Waals surface area contributed by atoms with Gasteiger partial charge in [-0.2, -0.15) is 0 Å². The van der Waals surface area contributed by atoms with Crippen molar-refractivity contribution in [1.29, 1.82) is 0 Å². The highest BCUT2D eigenvalue weighted by Gasteiger charge is 2.14. The third-order valence-corrected chi connectivity index (χ3v) is 2.65. The highest BCUT2D eigenvalue weighted by molar-refractivity contribution is 5.94. The maximum Gasteiger partial charge on any atom is 0.265 e. The van der Waals surface area contributed by atoms with Crippen molar-refractivity contribution in [2.24, 2.45) is 0 Å². The van der Waals surface area contributed by atoms with Gasteiger partial charge in [0.2, 0.25) is 0 Å². The minimum atomic E-state index is -0.693. The average molecular weight is 274 g/mol. The predicted octanol–water partition coefficient (Wildman–Crippen LogP) is 2.81. The molecule has 4 nitrogen and oxygen atoms in total. The number of carbonyl (C=O) groups excluding carboxylic acids is 1. The highest BCUT2D eigenvalue weighted by Crippen LogP contribution is 2.17. The topological polar surface area (TPSA) is 64.3 Å². The van der Waals surface area contributed by atoms with Gasteiger partial charge in [0.25, 0.3) is 5.91 Å². The fraction of sp³-hybridized carbons (Fsp3) is 0.133. The van der Waals surface area contributed by atoms with Gasteiger partial charge in [-0.05, 0) is 43.3 Å². The van der Waals surface area contributed by atoms with E-state index in [4.69, 9.17) is 10.5 Å². The monoisotopic (exact) mass is 274 g/mol. The summed E-state index contributed by atoms with van der Waals surface area (Å²) in [5.74, 6) is -0.155. The number of ether oxygens (including phenoxy) is 1. The molecule has 0 aliphatic carbocycles. The molecule has 1 atom stereocenters. The molecule has 0 aliphatic heterocycles. The van der Waals surface area contributed by atoms with E-state index in [2.05, 4.69) is 5.32 Å². The molecule has 0 aliphatic rings. The number of nitrogens with two attached hydrogens (primary N) is 1. The summed E-state index contributed by atoms with van der Waals surface area (Å²) in [7, 11) is 0. The van der Waals surface area contributed by atoms with Crippen LogP contribution in [0.15, 0.2) is 48.5 Å². The van der Waals surface area contributed by atoms with Crippen molar-refractivity contribution in [3.8, 4) is 5.75 Å². The number of nitrogen functional groups attached to an aromatic ring is 1. The third kappa shape index (κ3) is 3.71. The zero-order chi connectivity index (χ0) is 14.5. The molecule has 0 saturated heterocycles. The number of benzene rings is 2. The highest BCUT2D eigenvalue weighted by atomic mass is 19.1. The molecule has 2 rings (SSSR count). The van der Waals surface area contributed by atoms with Gasteiger partial charge >= 0.3 is 0 Å². The quantitative estimate of drug-likeness (QED) is 0.843. The van der Waals surface area contributed by atoms with Gasteiger partial charge in [0.1, 0.15) is 11.6 Å². The number of carbonyl (C=O) groups is 1. The van der Waals surface area contributed by atoms with Gasteiger partial charge < -0.3 is 15.8 Å². The van der Waals surface area contributed by atoms with Crippen molar-refractivity contribution < 1.29 is 13.9 Å². The first-order valence-corrected chi connectivity index (χ1v) is 6.13. The number of hydrogen-bond donors (Lipinski definition) is 2. The van der Waals surface area contributed by atoms with E-state index in [9.17, 15) is 9.18 Å². The van der Waals surface area contributed by atoms with Crippen LogP contribution in [-0.4, -0.2) is 12.0 Å². The van der Waals surface area contributed by atoms with E-state index in [1.54, 1.807) is 31.2 Å². The minimum absolute atomic E-state index is 0.320. The lowest BCUT2D eigenvalue weighted by molar-refractivity contribution is -0.122. The van der Waals surface area contributed by atoms with Crippen molar-refractivity contribution in [3.05, 3.63) is 54.3 Å². The van der Waals surface area contributed by atoms with Crippen LogP contribution in [0.3, 0.4) is 0 Å². The van der Waals surface area contributed by atoms with E-state index in [-0.39, 0.29) is 11.7 Å². The summed E-state index contributed by atoms with van der Waals surface area (Å²) < 4.78 is 18.2. The maximum atomic E-state index is 12.8. The number of rotatable bonds is 4. The van der Waals surface area contributed by atoms with Crippen molar-refractivity contribution in [2.75, 3.05) is 11.1 Å². The zero-order valence-electron chi connectivity index (χ0n) is 11.0. The molecule has 0 fully saturated rings. The first kappa shape index (κ1) is 13.9. The average Bonchev–Trinajstić information content (AvgIpc) is 2.41. The van der Waals surface area contributed by atoms with Crippen LogP contribution in [0.2, 0.25) is 0 Å². The molecule has 5 heteroatoms. The number of amides is 1. The Labute approximate surface area is 116 Å². The van der Waals surface area contributed by atoms with E-state index >= 15 is 0 Å². The SMILES string of the molecule is C[C@@H](Oc1cccc(N)c1)C(=O)Nc1ccc(F)cc1. The number of hydrogen-bond acceptors (Lipinski definition) is 3. The molecule has 1 amide bonds. The molecule has 0 unspecified atom stereocenters. The molecule has 2 aromatic rings. The fourth-order valence-corrected chi connectivity index (χ4v) is 1.62. The standard InChI is InChI=1S/C15H15FN2O2/c1-10(20-14-4-2-3-12(17)9-14)15(19)18-13-7-5-11(16)6-8-13/h2-10H,17H2,1H3,(H,18,19)/t10-/m1/s1.